The Kier molecular flexibility index (Phi) is 5.20. The minimum absolute atomic E-state index is 0.166. The number of carbonyl (C=O) groups excluding carboxylic acids is 1. The van der Waals surface area contributed by atoms with Crippen molar-refractivity contribution in [1.29, 1.82) is 0 Å². The highest BCUT2D eigenvalue weighted by Crippen LogP contribution is 2.21. The Morgan fingerprint density at radius 2 is 1.66 bits per heavy atom. The predicted molar refractivity (Wildman–Crippen MR) is 109 cm³/mol. The van der Waals surface area contributed by atoms with Gasteiger partial charge < -0.3 is 9.47 Å². The predicted octanol–water partition coefficient (Wildman–Crippen LogP) is 5.06. The first-order chi connectivity index (χ1) is 14.1. The van der Waals surface area contributed by atoms with E-state index in [0.717, 1.165) is 16.9 Å². The second kappa shape index (κ2) is 8.10. The molecule has 1 aliphatic rings. The lowest BCUT2D eigenvalue weighted by molar-refractivity contribution is -0.129. The van der Waals surface area contributed by atoms with Gasteiger partial charge in [0.05, 0.1) is 0 Å². The van der Waals surface area contributed by atoms with Crippen LogP contribution in [0.1, 0.15) is 22.3 Å². The van der Waals surface area contributed by atoms with Gasteiger partial charge in [-0.2, -0.15) is 0 Å². The Hall–Kier alpha value is -3.73. The molecule has 5 heteroatoms. The number of halogens is 1. The lowest BCUT2D eigenvalue weighted by atomic mass is 10.1. The highest BCUT2D eigenvalue weighted by molar-refractivity contribution is 6.12. The van der Waals surface area contributed by atoms with E-state index in [-0.39, 0.29) is 17.4 Å². The van der Waals surface area contributed by atoms with Crippen molar-refractivity contribution < 1.29 is 18.7 Å². The van der Waals surface area contributed by atoms with Gasteiger partial charge in [-0.15, -0.1) is 0 Å². The van der Waals surface area contributed by atoms with Gasteiger partial charge in [-0.3, -0.25) is 0 Å². The molecule has 29 heavy (non-hydrogen) atoms. The van der Waals surface area contributed by atoms with Crippen molar-refractivity contribution in [3.8, 4) is 5.75 Å². The Morgan fingerprint density at radius 1 is 0.966 bits per heavy atom. The van der Waals surface area contributed by atoms with E-state index in [9.17, 15) is 9.18 Å². The first-order valence-corrected chi connectivity index (χ1v) is 9.14. The van der Waals surface area contributed by atoms with Crippen molar-refractivity contribution in [2.75, 3.05) is 0 Å². The van der Waals surface area contributed by atoms with Gasteiger partial charge in [-0.05, 0) is 60.5 Å². The molecule has 0 atom stereocenters. The molecule has 0 saturated heterocycles. The highest BCUT2D eigenvalue weighted by atomic mass is 19.1. The number of benzene rings is 3. The van der Waals surface area contributed by atoms with Gasteiger partial charge in [0.1, 0.15) is 18.2 Å². The monoisotopic (exact) mass is 387 g/mol. The number of nitrogens with zero attached hydrogens (tertiary/aromatic N) is 1. The van der Waals surface area contributed by atoms with Gasteiger partial charge in [0.25, 0.3) is 0 Å². The van der Waals surface area contributed by atoms with Gasteiger partial charge in [0.2, 0.25) is 5.90 Å². The molecule has 0 saturated carbocycles. The highest BCUT2D eigenvalue weighted by Gasteiger charge is 2.24. The molecule has 0 fully saturated rings. The first kappa shape index (κ1) is 18.6. The number of ether oxygens (including phenoxy) is 2. The first-order valence-electron chi connectivity index (χ1n) is 9.14. The third kappa shape index (κ3) is 4.58. The van der Waals surface area contributed by atoms with Crippen molar-refractivity contribution >= 4 is 17.9 Å². The second-order valence-electron chi connectivity index (χ2n) is 6.69. The fourth-order valence-corrected chi connectivity index (χ4v) is 2.79. The van der Waals surface area contributed by atoms with E-state index in [1.54, 1.807) is 6.08 Å². The van der Waals surface area contributed by atoms with Gasteiger partial charge in [-0.25, -0.2) is 14.2 Å². The van der Waals surface area contributed by atoms with Crippen molar-refractivity contribution in [3.05, 3.63) is 107 Å². The van der Waals surface area contributed by atoms with Crippen molar-refractivity contribution in [3.63, 3.8) is 0 Å². The third-order valence-electron chi connectivity index (χ3n) is 4.42. The summed E-state index contributed by atoms with van der Waals surface area (Å²) in [6.45, 7) is 2.53. The maximum Gasteiger partial charge on any atom is 0.363 e. The molecule has 144 valence electrons. The van der Waals surface area contributed by atoms with Gasteiger partial charge in [0, 0.05) is 5.56 Å². The molecule has 3 aromatic carbocycles. The molecule has 1 aliphatic heterocycles. The Labute approximate surface area is 167 Å². The number of esters is 1. The molecule has 0 unspecified atom stereocenters. The molecule has 4 nitrogen and oxygen atoms in total. The summed E-state index contributed by atoms with van der Waals surface area (Å²) in [6, 6.07) is 21.2. The minimum Gasteiger partial charge on any atom is -0.489 e. The molecule has 0 bridgehead atoms. The number of hydrogen-bond donors (Lipinski definition) is 0. The number of hydrogen-bond acceptors (Lipinski definition) is 4. The van der Waals surface area contributed by atoms with Gasteiger partial charge in [-0.1, -0.05) is 42.0 Å². The summed E-state index contributed by atoms with van der Waals surface area (Å²) in [4.78, 5) is 16.3. The summed E-state index contributed by atoms with van der Waals surface area (Å²) >= 11 is 0. The summed E-state index contributed by atoms with van der Waals surface area (Å²) in [6.07, 6.45) is 1.64. The fraction of sp³-hybridized carbons (Fsp3) is 0.0833. The average Bonchev–Trinajstić information content (AvgIpc) is 3.09. The van der Waals surface area contributed by atoms with Gasteiger partial charge >= 0.3 is 5.97 Å². The zero-order chi connectivity index (χ0) is 20.2. The zero-order valence-corrected chi connectivity index (χ0v) is 15.8. The zero-order valence-electron chi connectivity index (χ0n) is 15.8. The van der Waals surface area contributed by atoms with E-state index in [1.165, 1.54) is 29.8 Å². The van der Waals surface area contributed by atoms with Gasteiger partial charge in [0.15, 0.2) is 5.70 Å². The van der Waals surface area contributed by atoms with Crippen LogP contribution in [0.15, 0.2) is 83.5 Å². The van der Waals surface area contributed by atoms with Crippen LogP contribution < -0.4 is 4.74 Å². The maximum absolute atomic E-state index is 13.0. The topological polar surface area (TPSA) is 47.9 Å². The van der Waals surface area contributed by atoms with Crippen molar-refractivity contribution in [2.45, 2.75) is 13.5 Å². The minimum atomic E-state index is -0.538. The fourth-order valence-electron chi connectivity index (χ4n) is 2.79. The Bertz CT molecular complexity index is 1080. The molecule has 0 aliphatic carbocycles. The molecule has 0 amide bonds. The quantitative estimate of drug-likeness (QED) is 0.454. The normalized spacial score (nSPS) is 14.6. The standard InChI is InChI=1S/C24H18FNO3/c1-16-2-4-18(5-3-16)15-28-21-12-6-17(7-13-21)14-22-24(27)29-23(26-22)19-8-10-20(25)11-9-19/h2-14H,15H2,1H3/b22-14+. The van der Waals surface area contributed by atoms with Crippen LogP contribution in [-0.2, 0) is 16.1 Å². The number of rotatable bonds is 5. The smallest absolute Gasteiger partial charge is 0.363 e. The largest absolute Gasteiger partial charge is 0.489 e. The van der Waals surface area contributed by atoms with E-state index in [2.05, 4.69) is 17.1 Å². The van der Waals surface area contributed by atoms with Crippen LogP contribution in [0.4, 0.5) is 4.39 Å². The van der Waals surface area contributed by atoms with E-state index >= 15 is 0 Å². The summed E-state index contributed by atoms with van der Waals surface area (Å²) < 4.78 is 24.0. The van der Waals surface area contributed by atoms with Crippen LogP contribution in [0.3, 0.4) is 0 Å². The molecule has 3 aromatic rings. The van der Waals surface area contributed by atoms with Crippen LogP contribution in [-0.4, -0.2) is 11.9 Å². The Balaban J connectivity index is 1.44. The third-order valence-corrected chi connectivity index (χ3v) is 4.42. The number of aliphatic imine (C=N–C) groups is 1. The number of cyclic esters (lactones) is 1. The number of carbonyl (C=O) groups is 1. The summed E-state index contributed by atoms with van der Waals surface area (Å²) in [7, 11) is 0. The van der Waals surface area contributed by atoms with Crippen LogP contribution >= 0.6 is 0 Å². The van der Waals surface area contributed by atoms with E-state index in [0.29, 0.717) is 12.2 Å². The van der Waals surface area contributed by atoms with Crippen LogP contribution in [0.5, 0.6) is 5.75 Å². The lowest BCUT2D eigenvalue weighted by Crippen LogP contribution is -2.05. The molecular formula is C24H18FNO3. The Morgan fingerprint density at radius 3 is 2.34 bits per heavy atom. The van der Waals surface area contributed by atoms with Crippen LogP contribution in [0, 0.1) is 12.7 Å². The van der Waals surface area contributed by atoms with Crippen LogP contribution in [0.2, 0.25) is 0 Å². The molecule has 0 radical (unpaired) electrons. The summed E-state index contributed by atoms with van der Waals surface area (Å²) in [5, 5.41) is 0. The lowest BCUT2D eigenvalue weighted by Gasteiger charge is -2.07. The molecule has 0 aromatic heterocycles. The van der Waals surface area contributed by atoms with Crippen molar-refractivity contribution in [2.24, 2.45) is 4.99 Å². The van der Waals surface area contributed by atoms with E-state index < -0.39 is 5.97 Å². The average molecular weight is 387 g/mol. The summed E-state index contributed by atoms with van der Waals surface area (Å²) in [5.41, 5.74) is 3.84. The molecule has 4 rings (SSSR count). The van der Waals surface area contributed by atoms with E-state index in [4.69, 9.17) is 9.47 Å². The number of aryl methyl sites for hydroxylation is 1. The van der Waals surface area contributed by atoms with Crippen molar-refractivity contribution in [1.82, 2.24) is 0 Å². The SMILES string of the molecule is Cc1ccc(COc2ccc(/C=C3/N=C(c4ccc(F)cc4)OC3=O)cc2)cc1. The molecule has 1 heterocycles. The van der Waals surface area contributed by atoms with Crippen LogP contribution in [0.25, 0.3) is 6.08 Å². The second-order valence-corrected chi connectivity index (χ2v) is 6.69. The summed E-state index contributed by atoms with van der Waals surface area (Å²) in [5.74, 6) is -0.000300. The maximum atomic E-state index is 13.0. The van der Waals surface area contributed by atoms with E-state index in [1.807, 2.05) is 43.3 Å². The molecule has 0 spiro atoms. The molecule has 0 N–H and O–H groups in total. The molecular weight excluding hydrogens is 369 g/mol.